The number of likely N-dealkylation sites (tertiary alicyclic amines) is 1. The normalized spacial score (nSPS) is 25.7. The minimum Gasteiger partial charge on any atom is -0.352 e. The maximum atomic E-state index is 12.3. The van der Waals surface area contributed by atoms with Crippen LogP contribution in [0.5, 0.6) is 0 Å². The molecule has 2 fully saturated rings. The molecule has 9 heteroatoms. The Morgan fingerprint density at radius 3 is 2.65 bits per heavy atom. The highest BCUT2D eigenvalue weighted by Gasteiger charge is 2.30. The van der Waals surface area contributed by atoms with Gasteiger partial charge in [-0.2, -0.15) is 5.10 Å². The lowest BCUT2D eigenvalue weighted by molar-refractivity contribution is -0.126. The van der Waals surface area contributed by atoms with Gasteiger partial charge in [0.1, 0.15) is 5.71 Å². The van der Waals surface area contributed by atoms with E-state index in [0.717, 1.165) is 24.5 Å². The van der Waals surface area contributed by atoms with Crippen LogP contribution in [0, 0.1) is 0 Å². The molecule has 2 saturated heterocycles. The molecule has 3 amide bonds. The van der Waals surface area contributed by atoms with Crippen LogP contribution in [-0.4, -0.2) is 65.1 Å². The summed E-state index contributed by atoms with van der Waals surface area (Å²) in [4.78, 5) is 37.2. The fourth-order valence-corrected chi connectivity index (χ4v) is 3.84. The number of hydrogen-bond acceptors (Lipinski definition) is 6. The van der Waals surface area contributed by atoms with E-state index < -0.39 is 0 Å². The largest absolute Gasteiger partial charge is 0.352 e. The summed E-state index contributed by atoms with van der Waals surface area (Å²) in [5.41, 5.74) is 2.77. The van der Waals surface area contributed by atoms with Crippen LogP contribution in [0.15, 0.2) is 5.10 Å². The van der Waals surface area contributed by atoms with Crippen molar-refractivity contribution in [2.75, 3.05) is 24.7 Å². The van der Waals surface area contributed by atoms with Crippen LogP contribution in [-0.2, 0) is 14.4 Å². The first-order valence-corrected chi connectivity index (χ1v) is 9.05. The van der Waals surface area contributed by atoms with Crippen molar-refractivity contribution in [1.29, 1.82) is 0 Å². The second kappa shape index (κ2) is 7.31. The number of hydrazone groups is 1. The van der Waals surface area contributed by atoms with Crippen molar-refractivity contribution >= 4 is 35.2 Å². The average molecular weight is 339 g/mol. The molecular formula is C14H21N5O3S. The van der Waals surface area contributed by atoms with Crippen LogP contribution in [0.1, 0.15) is 25.7 Å². The Labute approximate surface area is 138 Å². The summed E-state index contributed by atoms with van der Waals surface area (Å²) in [6.45, 7) is 1.20. The first-order valence-electron chi connectivity index (χ1n) is 7.89. The Balaban J connectivity index is 1.45. The molecule has 0 aromatic heterocycles. The van der Waals surface area contributed by atoms with Crippen molar-refractivity contribution in [3.63, 3.8) is 0 Å². The smallest absolute Gasteiger partial charge is 0.270 e. The highest BCUT2D eigenvalue weighted by molar-refractivity contribution is 7.99. The summed E-state index contributed by atoms with van der Waals surface area (Å²) >= 11 is 1.72. The van der Waals surface area contributed by atoms with Crippen LogP contribution in [0.2, 0.25) is 0 Å². The van der Waals surface area contributed by atoms with Crippen LogP contribution < -0.4 is 16.1 Å². The number of thioether (sulfide) groups is 1. The van der Waals surface area contributed by atoms with Gasteiger partial charge in [-0.15, -0.1) is 11.8 Å². The van der Waals surface area contributed by atoms with Crippen molar-refractivity contribution in [2.24, 2.45) is 5.10 Å². The topological polar surface area (TPSA) is 103 Å². The van der Waals surface area contributed by atoms with Gasteiger partial charge in [-0.1, -0.05) is 0 Å². The van der Waals surface area contributed by atoms with Gasteiger partial charge in [0.05, 0.1) is 6.04 Å². The van der Waals surface area contributed by atoms with Gasteiger partial charge in [0.15, 0.2) is 0 Å². The Hall–Kier alpha value is -1.61. The third-order valence-corrected chi connectivity index (χ3v) is 5.25. The Bertz CT molecular complexity index is 525. The van der Waals surface area contributed by atoms with Gasteiger partial charge in [-0.25, -0.2) is 5.43 Å². The van der Waals surface area contributed by atoms with Gasteiger partial charge in [0, 0.05) is 43.6 Å². The van der Waals surface area contributed by atoms with E-state index in [1.165, 1.54) is 0 Å². The standard InChI is InChI=1S/C14H21N5O3S/c20-12-2-1-10(17-18-12)14(22)19-5-3-9(4-6-19)16-13(21)11-7-23-8-15-11/h9,11,15H,1-8H2,(H,16,21)(H,18,20). The molecule has 0 aromatic rings. The number of nitrogens with one attached hydrogen (secondary N) is 3. The number of nitrogens with zero attached hydrogens (tertiary/aromatic N) is 2. The van der Waals surface area contributed by atoms with E-state index >= 15 is 0 Å². The second-order valence-electron chi connectivity index (χ2n) is 5.94. The fourth-order valence-electron chi connectivity index (χ4n) is 2.90. The summed E-state index contributed by atoms with van der Waals surface area (Å²) in [6.07, 6.45) is 2.20. The molecule has 3 aliphatic rings. The third-order valence-electron chi connectivity index (χ3n) is 4.31. The summed E-state index contributed by atoms with van der Waals surface area (Å²) in [7, 11) is 0. The lowest BCUT2D eigenvalue weighted by Gasteiger charge is -2.33. The Morgan fingerprint density at radius 2 is 2.04 bits per heavy atom. The molecular weight excluding hydrogens is 318 g/mol. The monoisotopic (exact) mass is 339 g/mol. The van der Waals surface area contributed by atoms with E-state index in [1.807, 2.05) is 0 Å². The zero-order chi connectivity index (χ0) is 16.2. The van der Waals surface area contributed by atoms with Crippen LogP contribution in [0.25, 0.3) is 0 Å². The molecule has 3 aliphatic heterocycles. The van der Waals surface area contributed by atoms with Crippen molar-refractivity contribution in [2.45, 2.75) is 37.8 Å². The summed E-state index contributed by atoms with van der Waals surface area (Å²) in [5.74, 6) is 1.43. The highest BCUT2D eigenvalue weighted by Crippen LogP contribution is 2.14. The number of piperidine rings is 1. The number of amides is 3. The highest BCUT2D eigenvalue weighted by atomic mass is 32.2. The molecule has 0 radical (unpaired) electrons. The Kier molecular flexibility index (Phi) is 5.16. The molecule has 3 heterocycles. The first-order chi connectivity index (χ1) is 11.1. The molecule has 1 unspecified atom stereocenters. The van der Waals surface area contributed by atoms with Gasteiger partial charge in [-0.05, 0) is 12.8 Å². The maximum absolute atomic E-state index is 12.3. The van der Waals surface area contributed by atoms with Crippen molar-refractivity contribution in [3.8, 4) is 0 Å². The quantitative estimate of drug-likeness (QED) is 0.613. The van der Waals surface area contributed by atoms with E-state index in [9.17, 15) is 14.4 Å². The van der Waals surface area contributed by atoms with E-state index in [2.05, 4.69) is 21.2 Å². The van der Waals surface area contributed by atoms with Gasteiger partial charge < -0.3 is 10.2 Å². The first kappa shape index (κ1) is 16.3. The van der Waals surface area contributed by atoms with Crippen molar-refractivity contribution < 1.29 is 14.4 Å². The molecule has 1 atom stereocenters. The summed E-state index contributed by atoms with van der Waals surface area (Å²) in [6, 6.07) is 0.0202. The molecule has 0 aliphatic carbocycles. The number of rotatable bonds is 3. The molecule has 3 N–H and O–H groups in total. The maximum Gasteiger partial charge on any atom is 0.270 e. The van der Waals surface area contributed by atoms with Gasteiger partial charge in [-0.3, -0.25) is 19.7 Å². The fraction of sp³-hybridized carbons (Fsp3) is 0.714. The second-order valence-corrected chi connectivity index (χ2v) is 6.97. The predicted molar refractivity (Wildman–Crippen MR) is 86.8 cm³/mol. The minimum atomic E-state index is -0.151. The summed E-state index contributed by atoms with van der Waals surface area (Å²) < 4.78 is 0. The number of carbonyl (C=O) groups is 3. The minimum absolute atomic E-state index is 0.0548. The molecule has 0 spiro atoms. The third kappa shape index (κ3) is 4.03. The zero-order valence-electron chi connectivity index (χ0n) is 12.8. The summed E-state index contributed by atoms with van der Waals surface area (Å²) in [5, 5.41) is 10.1. The molecule has 126 valence electrons. The van der Waals surface area contributed by atoms with E-state index in [1.54, 1.807) is 16.7 Å². The lowest BCUT2D eigenvalue weighted by Crippen LogP contribution is -2.52. The molecule has 3 rings (SSSR count). The molecule has 0 aromatic carbocycles. The van der Waals surface area contributed by atoms with Crippen LogP contribution in [0.4, 0.5) is 0 Å². The number of hydrogen-bond donors (Lipinski definition) is 3. The van der Waals surface area contributed by atoms with Gasteiger partial charge >= 0.3 is 0 Å². The average Bonchev–Trinajstić information content (AvgIpc) is 3.10. The van der Waals surface area contributed by atoms with Crippen LogP contribution in [0.3, 0.4) is 0 Å². The molecule has 23 heavy (non-hydrogen) atoms. The number of carbonyl (C=O) groups excluding carboxylic acids is 3. The Morgan fingerprint density at radius 1 is 1.26 bits per heavy atom. The van der Waals surface area contributed by atoms with Crippen LogP contribution >= 0.6 is 11.8 Å². The van der Waals surface area contributed by atoms with Gasteiger partial charge in [0.2, 0.25) is 11.8 Å². The molecule has 0 saturated carbocycles. The van der Waals surface area contributed by atoms with Crippen molar-refractivity contribution in [1.82, 2.24) is 21.0 Å². The lowest BCUT2D eigenvalue weighted by atomic mass is 10.0. The predicted octanol–water partition coefficient (Wildman–Crippen LogP) is -0.978. The van der Waals surface area contributed by atoms with Gasteiger partial charge in [0.25, 0.3) is 5.91 Å². The van der Waals surface area contributed by atoms with Crippen molar-refractivity contribution in [3.05, 3.63) is 0 Å². The van der Waals surface area contributed by atoms with E-state index in [0.29, 0.717) is 31.6 Å². The molecule has 8 nitrogen and oxygen atoms in total. The van der Waals surface area contributed by atoms with E-state index in [4.69, 9.17) is 0 Å². The SMILES string of the molecule is O=C1CCC(C(=O)N2CCC(NC(=O)C3CSCN3)CC2)=NN1. The van der Waals surface area contributed by atoms with E-state index in [-0.39, 0.29) is 29.8 Å². The molecule has 0 bridgehead atoms. The zero-order valence-corrected chi connectivity index (χ0v) is 13.7.